The molecule has 1 atom stereocenters. The van der Waals surface area contributed by atoms with Crippen LogP contribution in [0.4, 0.5) is 4.39 Å². The average Bonchev–Trinajstić information content (AvgIpc) is 2.41. The number of methoxy groups -OCH3 is 1. The fraction of sp³-hybridized carbons (Fsp3) is 0.571. The molecule has 0 aliphatic carbocycles. The van der Waals surface area contributed by atoms with Crippen molar-refractivity contribution in [1.29, 1.82) is 0 Å². The molecule has 0 radical (unpaired) electrons. The summed E-state index contributed by atoms with van der Waals surface area (Å²) < 4.78 is 41.4. The van der Waals surface area contributed by atoms with E-state index in [4.69, 9.17) is 4.74 Å². The van der Waals surface area contributed by atoms with Gasteiger partial charge in [0, 0.05) is 17.6 Å². The number of halogens is 1. The first kappa shape index (κ1) is 15.3. The van der Waals surface area contributed by atoms with Gasteiger partial charge in [0.15, 0.2) is 0 Å². The van der Waals surface area contributed by atoms with Crippen molar-refractivity contribution in [2.75, 3.05) is 18.6 Å². The van der Waals surface area contributed by atoms with Gasteiger partial charge in [-0.3, -0.25) is 0 Å². The van der Waals surface area contributed by atoms with Gasteiger partial charge >= 0.3 is 0 Å². The summed E-state index contributed by atoms with van der Waals surface area (Å²) in [4.78, 5) is 0. The maximum absolute atomic E-state index is 13.4. The summed E-state index contributed by atoms with van der Waals surface area (Å²) in [5, 5.41) is 3.36. The van der Waals surface area contributed by atoms with Gasteiger partial charge in [-0.2, -0.15) is 0 Å². The van der Waals surface area contributed by atoms with Crippen molar-refractivity contribution in [3.8, 4) is 5.75 Å². The van der Waals surface area contributed by atoms with Crippen molar-refractivity contribution < 1.29 is 17.5 Å². The van der Waals surface area contributed by atoms with E-state index in [9.17, 15) is 12.8 Å². The minimum atomic E-state index is -2.86. The number of nitrogens with one attached hydrogen (secondary N) is 1. The number of sulfone groups is 1. The van der Waals surface area contributed by atoms with Crippen molar-refractivity contribution in [2.45, 2.75) is 31.8 Å². The maximum Gasteiger partial charge on any atom is 0.150 e. The quantitative estimate of drug-likeness (QED) is 0.925. The Morgan fingerprint density at radius 3 is 2.60 bits per heavy atom. The van der Waals surface area contributed by atoms with Gasteiger partial charge in [0.25, 0.3) is 0 Å². The SMILES string of the molecule is COc1ccc(F)cc1C(C)NC1CCS(=O)(=O)CC1. The Bertz CT molecular complexity index is 560. The second-order valence-electron chi connectivity index (χ2n) is 5.20. The third-order valence-corrected chi connectivity index (χ3v) is 5.41. The van der Waals surface area contributed by atoms with Crippen molar-refractivity contribution in [2.24, 2.45) is 0 Å². The third-order valence-electron chi connectivity index (χ3n) is 3.70. The highest BCUT2D eigenvalue weighted by Gasteiger charge is 2.25. The standard InChI is InChI=1S/C14H20FNO3S/c1-10(13-9-11(15)3-4-14(13)19-2)16-12-5-7-20(17,18)8-6-12/h3-4,9-10,12,16H,5-8H2,1-2H3. The predicted molar refractivity (Wildman–Crippen MR) is 76.2 cm³/mol. The molecular formula is C14H20FNO3S. The van der Waals surface area contributed by atoms with Gasteiger partial charge in [0.2, 0.25) is 0 Å². The molecule has 0 spiro atoms. The topological polar surface area (TPSA) is 55.4 Å². The summed E-state index contributed by atoms with van der Waals surface area (Å²) in [5.41, 5.74) is 0.751. The molecule has 4 nitrogen and oxygen atoms in total. The van der Waals surface area contributed by atoms with Crippen molar-refractivity contribution in [3.63, 3.8) is 0 Å². The molecule has 1 fully saturated rings. The molecule has 1 aliphatic rings. The number of benzene rings is 1. The van der Waals surface area contributed by atoms with Crippen LogP contribution in [0.3, 0.4) is 0 Å². The van der Waals surface area contributed by atoms with Crippen LogP contribution >= 0.6 is 0 Å². The summed E-state index contributed by atoms with van der Waals surface area (Å²) >= 11 is 0. The zero-order valence-corrected chi connectivity index (χ0v) is 12.5. The Hall–Kier alpha value is -1.14. The third kappa shape index (κ3) is 3.70. The summed E-state index contributed by atoms with van der Waals surface area (Å²) in [6.45, 7) is 1.93. The number of ether oxygens (including phenoxy) is 1. The lowest BCUT2D eigenvalue weighted by atomic mass is 10.0. The Morgan fingerprint density at radius 2 is 2.00 bits per heavy atom. The zero-order valence-electron chi connectivity index (χ0n) is 11.7. The van der Waals surface area contributed by atoms with Crippen molar-refractivity contribution >= 4 is 9.84 Å². The lowest BCUT2D eigenvalue weighted by molar-refractivity contribution is 0.382. The van der Waals surface area contributed by atoms with Crippen LogP contribution in [0.15, 0.2) is 18.2 Å². The first-order valence-corrected chi connectivity index (χ1v) is 8.53. The highest BCUT2D eigenvalue weighted by atomic mass is 32.2. The molecule has 20 heavy (non-hydrogen) atoms. The molecule has 1 saturated heterocycles. The lowest BCUT2D eigenvalue weighted by Crippen LogP contribution is -2.38. The van der Waals surface area contributed by atoms with Crippen LogP contribution in [0.1, 0.15) is 31.4 Å². The van der Waals surface area contributed by atoms with E-state index in [0.29, 0.717) is 18.6 Å². The molecule has 0 saturated carbocycles. The van der Waals surface area contributed by atoms with Crippen LogP contribution in [0, 0.1) is 5.82 Å². The molecule has 1 N–H and O–H groups in total. The van der Waals surface area contributed by atoms with E-state index in [2.05, 4.69) is 5.32 Å². The highest BCUT2D eigenvalue weighted by molar-refractivity contribution is 7.91. The molecule has 0 aromatic heterocycles. The van der Waals surface area contributed by atoms with Crippen LogP contribution in [0.5, 0.6) is 5.75 Å². The molecule has 6 heteroatoms. The molecule has 1 heterocycles. The smallest absolute Gasteiger partial charge is 0.150 e. The predicted octanol–water partition coefficient (Wildman–Crippen LogP) is 2.06. The van der Waals surface area contributed by atoms with Gasteiger partial charge in [-0.25, -0.2) is 12.8 Å². The van der Waals surface area contributed by atoms with Gasteiger partial charge in [-0.1, -0.05) is 0 Å². The summed E-state index contributed by atoms with van der Waals surface area (Å²) in [7, 11) is -1.31. The summed E-state index contributed by atoms with van der Waals surface area (Å²) in [6.07, 6.45) is 1.20. The zero-order chi connectivity index (χ0) is 14.8. The molecule has 1 unspecified atom stereocenters. The molecule has 112 valence electrons. The van der Waals surface area contributed by atoms with Crippen LogP contribution < -0.4 is 10.1 Å². The molecule has 1 aromatic carbocycles. The van der Waals surface area contributed by atoms with E-state index in [0.717, 1.165) is 5.56 Å². The Morgan fingerprint density at radius 1 is 1.35 bits per heavy atom. The number of hydrogen-bond donors (Lipinski definition) is 1. The minimum absolute atomic E-state index is 0.0912. The first-order valence-electron chi connectivity index (χ1n) is 6.71. The fourth-order valence-electron chi connectivity index (χ4n) is 2.54. The van der Waals surface area contributed by atoms with E-state index in [-0.39, 0.29) is 29.4 Å². The Balaban J connectivity index is 2.05. The van der Waals surface area contributed by atoms with Crippen LogP contribution in [-0.2, 0) is 9.84 Å². The molecule has 0 amide bonds. The van der Waals surface area contributed by atoms with Crippen LogP contribution in [0.2, 0.25) is 0 Å². The van der Waals surface area contributed by atoms with Gasteiger partial charge in [0.05, 0.1) is 18.6 Å². The minimum Gasteiger partial charge on any atom is -0.496 e. The normalized spacial score (nSPS) is 20.6. The number of rotatable bonds is 4. The van der Waals surface area contributed by atoms with Crippen molar-refractivity contribution in [1.82, 2.24) is 5.32 Å². The van der Waals surface area contributed by atoms with Gasteiger partial charge in [-0.05, 0) is 38.0 Å². The van der Waals surface area contributed by atoms with E-state index >= 15 is 0 Å². The van der Waals surface area contributed by atoms with E-state index in [1.807, 2.05) is 6.92 Å². The largest absolute Gasteiger partial charge is 0.496 e. The molecular weight excluding hydrogens is 281 g/mol. The summed E-state index contributed by atoms with van der Waals surface area (Å²) in [6, 6.07) is 4.47. The Labute approximate surface area is 119 Å². The summed E-state index contributed by atoms with van der Waals surface area (Å²) in [5.74, 6) is 0.769. The number of hydrogen-bond acceptors (Lipinski definition) is 4. The molecule has 2 rings (SSSR count). The molecule has 0 bridgehead atoms. The van der Waals surface area contributed by atoms with E-state index in [1.54, 1.807) is 13.2 Å². The van der Waals surface area contributed by atoms with Crippen LogP contribution in [0.25, 0.3) is 0 Å². The molecule has 1 aliphatic heterocycles. The van der Waals surface area contributed by atoms with Gasteiger partial charge < -0.3 is 10.1 Å². The maximum atomic E-state index is 13.4. The van der Waals surface area contributed by atoms with Crippen molar-refractivity contribution in [3.05, 3.63) is 29.6 Å². The second-order valence-corrected chi connectivity index (χ2v) is 7.50. The van der Waals surface area contributed by atoms with E-state index in [1.165, 1.54) is 12.1 Å². The fourth-order valence-corrected chi connectivity index (χ4v) is 4.04. The Kier molecular flexibility index (Phi) is 4.65. The first-order chi connectivity index (χ1) is 9.41. The monoisotopic (exact) mass is 301 g/mol. The highest BCUT2D eigenvalue weighted by Crippen LogP contribution is 2.27. The van der Waals surface area contributed by atoms with Gasteiger partial charge in [0.1, 0.15) is 21.4 Å². The van der Waals surface area contributed by atoms with Gasteiger partial charge in [-0.15, -0.1) is 0 Å². The molecule has 1 aromatic rings. The average molecular weight is 301 g/mol. The second kappa shape index (κ2) is 6.10. The van der Waals surface area contributed by atoms with Crippen LogP contribution in [-0.4, -0.2) is 33.1 Å². The lowest BCUT2D eigenvalue weighted by Gasteiger charge is -2.27. The van der Waals surface area contributed by atoms with E-state index < -0.39 is 9.84 Å².